The lowest BCUT2D eigenvalue weighted by Crippen LogP contribution is -2.05. The Kier molecular flexibility index (Phi) is 3.82. The van der Waals surface area contributed by atoms with Crippen LogP contribution in [0.4, 0.5) is 0 Å². The van der Waals surface area contributed by atoms with E-state index in [1.165, 1.54) is 51.7 Å². The number of pyridine rings is 1. The lowest BCUT2D eigenvalue weighted by Gasteiger charge is -2.13. The van der Waals surface area contributed by atoms with Crippen LogP contribution in [0, 0.1) is 34.6 Å². The molecule has 0 spiro atoms. The van der Waals surface area contributed by atoms with E-state index in [0.29, 0.717) is 12.6 Å². The first-order chi connectivity index (χ1) is 12.0. The predicted octanol–water partition coefficient (Wildman–Crippen LogP) is 5.49. The quantitative estimate of drug-likeness (QED) is 0.630. The van der Waals surface area contributed by atoms with Gasteiger partial charge in [0.1, 0.15) is 18.1 Å². The summed E-state index contributed by atoms with van der Waals surface area (Å²) in [7, 11) is 0. The molecule has 4 rings (SSSR count). The van der Waals surface area contributed by atoms with E-state index in [0.717, 1.165) is 11.4 Å². The van der Waals surface area contributed by atoms with Gasteiger partial charge in [0.25, 0.3) is 0 Å². The molecule has 0 bridgehead atoms. The van der Waals surface area contributed by atoms with Crippen molar-refractivity contribution in [2.24, 2.45) is 0 Å². The van der Waals surface area contributed by atoms with Crippen molar-refractivity contribution >= 4 is 10.9 Å². The van der Waals surface area contributed by atoms with E-state index < -0.39 is 0 Å². The Hall–Kier alpha value is -2.29. The van der Waals surface area contributed by atoms with Crippen molar-refractivity contribution in [1.82, 2.24) is 9.55 Å². The molecule has 2 heterocycles. The van der Waals surface area contributed by atoms with Crippen molar-refractivity contribution in [2.45, 2.75) is 60.1 Å². The van der Waals surface area contributed by atoms with E-state index >= 15 is 0 Å². The highest BCUT2D eigenvalue weighted by atomic mass is 16.5. The lowest BCUT2D eigenvalue weighted by molar-refractivity contribution is 0.300. The molecule has 0 amide bonds. The molecular weight excluding hydrogens is 308 g/mol. The molecule has 1 aliphatic rings. The number of aromatic nitrogens is 2. The molecule has 130 valence electrons. The third kappa shape index (κ3) is 2.72. The number of rotatable bonds is 4. The Morgan fingerprint density at radius 3 is 2.52 bits per heavy atom. The summed E-state index contributed by atoms with van der Waals surface area (Å²) in [5.41, 5.74) is 8.77. The Morgan fingerprint density at radius 1 is 1.08 bits per heavy atom. The Balaban J connectivity index is 1.77. The molecule has 1 aromatic carbocycles. The minimum Gasteiger partial charge on any atom is -0.487 e. The fourth-order valence-corrected chi connectivity index (χ4v) is 3.90. The second-order valence-electron chi connectivity index (χ2n) is 7.48. The van der Waals surface area contributed by atoms with E-state index in [1.54, 1.807) is 0 Å². The first kappa shape index (κ1) is 16.2. The summed E-state index contributed by atoms with van der Waals surface area (Å²) in [6.45, 7) is 11.3. The number of aryl methyl sites for hydroxylation is 4. The third-order valence-electron chi connectivity index (χ3n) is 5.45. The molecule has 0 N–H and O–H groups in total. The van der Waals surface area contributed by atoms with Gasteiger partial charge < -0.3 is 9.30 Å². The van der Waals surface area contributed by atoms with Gasteiger partial charge in [-0.25, -0.2) is 0 Å². The first-order valence-corrected chi connectivity index (χ1v) is 9.13. The minimum absolute atomic E-state index is 0.510. The van der Waals surface area contributed by atoms with Crippen LogP contribution in [0.1, 0.15) is 52.5 Å². The van der Waals surface area contributed by atoms with Crippen molar-refractivity contribution in [1.29, 1.82) is 0 Å². The molecule has 0 saturated heterocycles. The molecule has 0 radical (unpaired) electrons. The van der Waals surface area contributed by atoms with Crippen LogP contribution in [0.5, 0.6) is 5.75 Å². The topological polar surface area (TPSA) is 27.1 Å². The molecule has 3 heteroatoms. The molecule has 1 aliphatic carbocycles. The summed E-state index contributed by atoms with van der Waals surface area (Å²) < 4.78 is 8.66. The average Bonchev–Trinajstić information content (AvgIpc) is 3.36. The minimum atomic E-state index is 0.510. The molecule has 25 heavy (non-hydrogen) atoms. The zero-order valence-corrected chi connectivity index (χ0v) is 15.8. The number of hydrogen-bond donors (Lipinski definition) is 0. The number of nitrogens with zero attached hydrogens (tertiary/aromatic N) is 2. The summed E-state index contributed by atoms with van der Waals surface area (Å²) in [4.78, 5) is 4.75. The number of hydrogen-bond acceptors (Lipinski definition) is 2. The fourth-order valence-electron chi connectivity index (χ4n) is 3.90. The van der Waals surface area contributed by atoms with Gasteiger partial charge in [0, 0.05) is 23.3 Å². The lowest BCUT2D eigenvalue weighted by atomic mass is 10.1. The monoisotopic (exact) mass is 334 g/mol. The largest absolute Gasteiger partial charge is 0.487 e. The number of fused-ring (bicyclic) bond motifs is 1. The fraction of sp³-hybridized carbons (Fsp3) is 0.409. The van der Waals surface area contributed by atoms with Crippen LogP contribution in [-0.4, -0.2) is 9.55 Å². The second-order valence-corrected chi connectivity index (χ2v) is 7.48. The maximum absolute atomic E-state index is 6.15. The normalized spacial score (nSPS) is 14.3. The summed E-state index contributed by atoms with van der Waals surface area (Å²) in [6.07, 6.45) is 4.54. The highest BCUT2D eigenvalue weighted by molar-refractivity contribution is 5.90. The molecule has 3 aromatic rings. The predicted molar refractivity (Wildman–Crippen MR) is 102 cm³/mol. The maximum atomic E-state index is 6.15. The van der Waals surface area contributed by atoms with Crippen molar-refractivity contribution in [2.75, 3.05) is 0 Å². The second kappa shape index (κ2) is 5.91. The molecule has 3 nitrogen and oxygen atoms in total. The highest BCUT2D eigenvalue weighted by Gasteiger charge is 2.29. The Labute approximate surface area is 149 Å². The van der Waals surface area contributed by atoms with Crippen LogP contribution in [0.2, 0.25) is 0 Å². The van der Waals surface area contributed by atoms with Crippen LogP contribution in [0.25, 0.3) is 10.9 Å². The van der Waals surface area contributed by atoms with Gasteiger partial charge in [-0.3, -0.25) is 4.98 Å². The van der Waals surface area contributed by atoms with Gasteiger partial charge >= 0.3 is 0 Å². The van der Waals surface area contributed by atoms with Gasteiger partial charge in [-0.15, -0.1) is 0 Å². The zero-order chi connectivity index (χ0) is 17.7. The Morgan fingerprint density at radius 2 is 1.84 bits per heavy atom. The van der Waals surface area contributed by atoms with Gasteiger partial charge in [-0.05, 0) is 70.2 Å². The van der Waals surface area contributed by atoms with Crippen LogP contribution in [0.15, 0.2) is 24.4 Å². The van der Waals surface area contributed by atoms with Crippen molar-refractivity contribution in [3.63, 3.8) is 0 Å². The van der Waals surface area contributed by atoms with Crippen LogP contribution < -0.4 is 4.74 Å². The highest BCUT2D eigenvalue weighted by Crippen LogP contribution is 2.42. The van der Waals surface area contributed by atoms with Crippen molar-refractivity contribution in [3.05, 3.63) is 58.0 Å². The van der Waals surface area contributed by atoms with Crippen LogP contribution in [0.3, 0.4) is 0 Å². The van der Waals surface area contributed by atoms with Crippen LogP contribution >= 0.6 is 0 Å². The molecule has 0 atom stereocenters. The number of ether oxygens (including phenoxy) is 1. The molecule has 1 fully saturated rings. The summed E-state index contributed by atoms with van der Waals surface area (Å²) in [5.74, 6) is 0.944. The van der Waals surface area contributed by atoms with E-state index in [1.807, 2.05) is 6.20 Å². The van der Waals surface area contributed by atoms with E-state index in [9.17, 15) is 0 Å². The van der Waals surface area contributed by atoms with Gasteiger partial charge in [-0.2, -0.15) is 0 Å². The van der Waals surface area contributed by atoms with Gasteiger partial charge in [0.2, 0.25) is 0 Å². The molecular formula is C22H26N2O. The molecule has 2 aromatic heterocycles. The maximum Gasteiger partial charge on any atom is 0.132 e. The Bertz CT molecular complexity index is 964. The first-order valence-electron chi connectivity index (χ1n) is 9.13. The van der Waals surface area contributed by atoms with E-state index in [-0.39, 0.29) is 0 Å². The zero-order valence-electron chi connectivity index (χ0n) is 15.8. The SMILES string of the molecule is Cc1ccc(OCc2ncc(C)c3c(C)c(C)n(C4CC4)c23)c(C)c1. The summed E-state index contributed by atoms with van der Waals surface area (Å²) in [5, 5.41) is 1.36. The summed E-state index contributed by atoms with van der Waals surface area (Å²) in [6, 6.07) is 6.96. The van der Waals surface area contributed by atoms with Gasteiger partial charge in [-0.1, -0.05) is 17.7 Å². The standard InChI is InChI=1S/C22H26N2O/c1-13-6-9-20(14(2)10-13)25-12-19-22-21(15(3)11-23-19)16(4)17(5)24(22)18-7-8-18/h6,9-11,18H,7-8,12H2,1-5H3. The van der Waals surface area contributed by atoms with E-state index in [4.69, 9.17) is 9.72 Å². The van der Waals surface area contributed by atoms with Gasteiger partial charge in [0.05, 0.1) is 5.52 Å². The smallest absolute Gasteiger partial charge is 0.132 e. The third-order valence-corrected chi connectivity index (χ3v) is 5.45. The van der Waals surface area contributed by atoms with Crippen molar-refractivity contribution in [3.8, 4) is 5.75 Å². The molecule has 0 unspecified atom stereocenters. The average molecular weight is 334 g/mol. The molecule has 1 saturated carbocycles. The van der Waals surface area contributed by atoms with Crippen molar-refractivity contribution < 1.29 is 4.74 Å². The van der Waals surface area contributed by atoms with E-state index in [2.05, 4.69) is 57.4 Å². The van der Waals surface area contributed by atoms with Gasteiger partial charge in [0.15, 0.2) is 0 Å². The molecule has 0 aliphatic heterocycles. The summed E-state index contributed by atoms with van der Waals surface area (Å²) >= 11 is 0. The van der Waals surface area contributed by atoms with Crippen LogP contribution in [-0.2, 0) is 6.61 Å². The number of benzene rings is 1.